The summed E-state index contributed by atoms with van der Waals surface area (Å²) in [5.74, 6) is 1.43. The minimum atomic E-state index is -3.85. The lowest BCUT2D eigenvalue weighted by molar-refractivity contribution is 0.174. The number of aliphatic hydroxyl groups is 1. The largest absolute Gasteiger partial charge is 0.481 e. The molecule has 34 heavy (non-hydrogen) atoms. The van der Waals surface area contributed by atoms with Gasteiger partial charge in [-0.1, -0.05) is 36.4 Å². The highest BCUT2D eigenvalue weighted by Crippen LogP contribution is 2.43. The second kappa shape index (κ2) is 10.3. The van der Waals surface area contributed by atoms with Crippen LogP contribution in [0.15, 0.2) is 48.5 Å². The van der Waals surface area contributed by atoms with Crippen LogP contribution in [0.5, 0.6) is 17.4 Å². The molecule has 1 N–H and O–H groups in total. The van der Waals surface area contributed by atoms with Crippen LogP contribution in [0.3, 0.4) is 0 Å². The highest BCUT2D eigenvalue weighted by Gasteiger charge is 2.32. The highest BCUT2D eigenvalue weighted by atomic mass is 32.2. The summed E-state index contributed by atoms with van der Waals surface area (Å²) in [7, 11) is -0.959. The van der Waals surface area contributed by atoms with Gasteiger partial charge in [-0.2, -0.15) is 5.10 Å². The zero-order valence-electron chi connectivity index (χ0n) is 19.0. The Kier molecular flexibility index (Phi) is 7.25. The number of methoxy groups -OCH3 is 2. The second-order valence-corrected chi connectivity index (χ2v) is 9.55. The van der Waals surface area contributed by atoms with Crippen molar-refractivity contribution in [3.8, 4) is 28.5 Å². The van der Waals surface area contributed by atoms with E-state index in [1.807, 2.05) is 30.3 Å². The number of ether oxygens (including phenoxy) is 4. The second-order valence-electron chi connectivity index (χ2n) is 7.54. The van der Waals surface area contributed by atoms with Crippen molar-refractivity contribution in [2.24, 2.45) is 0 Å². The smallest absolute Gasteiger partial charge is 0.238 e. The molecule has 4 rings (SSSR count). The van der Waals surface area contributed by atoms with Crippen LogP contribution in [-0.2, 0) is 27.7 Å². The number of hydrogen-bond acceptors (Lipinski definition) is 8. The molecule has 11 heteroatoms. The maximum atomic E-state index is 13.5. The van der Waals surface area contributed by atoms with Crippen molar-refractivity contribution in [3.63, 3.8) is 0 Å². The van der Waals surface area contributed by atoms with E-state index < -0.39 is 10.0 Å². The summed E-state index contributed by atoms with van der Waals surface area (Å²) >= 11 is 0. The number of nitrogens with zero attached hydrogens (tertiary/aromatic N) is 3. The summed E-state index contributed by atoms with van der Waals surface area (Å²) in [5, 5.41) is 14.0. The van der Waals surface area contributed by atoms with E-state index in [9.17, 15) is 13.5 Å². The van der Waals surface area contributed by atoms with Crippen LogP contribution >= 0.6 is 0 Å². The van der Waals surface area contributed by atoms with E-state index in [0.717, 1.165) is 9.87 Å². The van der Waals surface area contributed by atoms with Crippen molar-refractivity contribution in [2.75, 3.05) is 44.4 Å². The molecule has 0 fully saturated rings. The molecule has 2 aromatic carbocycles. The Morgan fingerprint density at radius 1 is 1.12 bits per heavy atom. The van der Waals surface area contributed by atoms with E-state index in [4.69, 9.17) is 18.9 Å². The molecule has 0 aliphatic carbocycles. The number of benzene rings is 2. The Labute approximate surface area is 198 Å². The van der Waals surface area contributed by atoms with Gasteiger partial charge in [0.2, 0.25) is 22.7 Å². The normalized spacial score (nSPS) is 12.7. The van der Waals surface area contributed by atoms with Crippen LogP contribution in [0.4, 0.5) is 5.82 Å². The van der Waals surface area contributed by atoms with Gasteiger partial charge in [-0.15, -0.1) is 0 Å². The monoisotopic (exact) mass is 489 g/mol. The molecule has 0 atom stereocenters. The molecule has 10 nitrogen and oxygen atoms in total. The number of anilines is 1. The van der Waals surface area contributed by atoms with Crippen molar-refractivity contribution < 1.29 is 32.5 Å². The third kappa shape index (κ3) is 4.81. The number of aliphatic hydroxyl groups excluding tert-OH is 1. The van der Waals surface area contributed by atoms with Gasteiger partial charge in [-0.25, -0.2) is 17.4 Å². The third-order valence-corrected chi connectivity index (χ3v) is 7.03. The fourth-order valence-corrected chi connectivity index (χ4v) is 5.13. The minimum absolute atomic E-state index is 0.107. The Hall–Kier alpha value is -3.28. The molecule has 0 bridgehead atoms. The van der Waals surface area contributed by atoms with Gasteiger partial charge in [0, 0.05) is 7.11 Å². The van der Waals surface area contributed by atoms with Gasteiger partial charge in [0.05, 0.1) is 31.6 Å². The molecule has 0 saturated carbocycles. The fraction of sp³-hybridized carbons (Fsp3) is 0.348. The topological polar surface area (TPSA) is 112 Å². The number of aromatic nitrogens is 2. The molecule has 1 aromatic heterocycles. The molecule has 0 spiro atoms. The van der Waals surface area contributed by atoms with E-state index in [2.05, 4.69) is 5.10 Å². The lowest BCUT2D eigenvalue weighted by Gasteiger charge is -2.22. The predicted molar refractivity (Wildman–Crippen MR) is 126 cm³/mol. The highest BCUT2D eigenvalue weighted by molar-refractivity contribution is 7.92. The summed E-state index contributed by atoms with van der Waals surface area (Å²) in [6.07, 6.45) is 0.331. The predicted octanol–water partition coefficient (Wildman–Crippen LogP) is 2.26. The molecule has 0 amide bonds. The number of fused-ring (bicyclic) bond motifs is 1. The molecule has 0 unspecified atom stereocenters. The van der Waals surface area contributed by atoms with Crippen molar-refractivity contribution in [1.29, 1.82) is 0 Å². The van der Waals surface area contributed by atoms with Gasteiger partial charge in [-0.05, 0) is 29.7 Å². The summed E-state index contributed by atoms with van der Waals surface area (Å²) < 4.78 is 51.3. The van der Waals surface area contributed by atoms with E-state index >= 15 is 0 Å². The average Bonchev–Trinajstić information content (AvgIpc) is 3.45. The molecule has 1 aliphatic rings. The molecule has 182 valence electrons. The first-order valence-corrected chi connectivity index (χ1v) is 12.3. The molecule has 2 heterocycles. The fourth-order valence-electron chi connectivity index (χ4n) is 3.76. The van der Waals surface area contributed by atoms with Crippen LogP contribution in [0.1, 0.15) is 5.56 Å². The van der Waals surface area contributed by atoms with Gasteiger partial charge < -0.3 is 24.1 Å². The summed E-state index contributed by atoms with van der Waals surface area (Å²) in [6.45, 7) is -0.223. The number of hydrogen-bond donors (Lipinski definition) is 1. The first-order chi connectivity index (χ1) is 16.5. The van der Waals surface area contributed by atoms with Gasteiger partial charge >= 0.3 is 0 Å². The minimum Gasteiger partial charge on any atom is -0.481 e. The molecule has 3 aromatic rings. The Morgan fingerprint density at radius 3 is 2.59 bits per heavy atom. The van der Waals surface area contributed by atoms with E-state index in [0.29, 0.717) is 34.9 Å². The summed E-state index contributed by atoms with van der Waals surface area (Å²) in [4.78, 5) is 0. The van der Waals surface area contributed by atoms with Crippen molar-refractivity contribution in [3.05, 3.63) is 54.1 Å². The van der Waals surface area contributed by atoms with Crippen molar-refractivity contribution in [1.82, 2.24) is 9.78 Å². The van der Waals surface area contributed by atoms with Gasteiger partial charge in [0.1, 0.15) is 6.73 Å². The van der Waals surface area contributed by atoms with Gasteiger partial charge in [-0.3, -0.25) is 0 Å². The van der Waals surface area contributed by atoms with Crippen LogP contribution in [-0.4, -0.2) is 63.4 Å². The average molecular weight is 490 g/mol. The Bertz CT molecular complexity index is 1230. The Balaban J connectivity index is 1.79. The van der Waals surface area contributed by atoms with Gasteiger partial charge in [0.15, 0.2) is 17.3 Å². The molecule has 0 saturated heterocycles. The van der Waals surface area contributed by atoms with E-state index in [-0.39, 0.29) is 38.2 Å². The molecular formula is C23H27N3O7S. The van der Waals surface area contributed by atoms with Crippen LogP contribution in [0.2, 0.25) is 0 Å². The van der Waals surface area contributed by atoms with E-state index in [1.165, 1.54) is 18.9 Å². The lowest BCUT2D eigenvalue weighted by Crippen LogP contribution is -2.36. The number of aryl methyl sites for hydroxylation is 1. The van der Waals surface area contributed by atoms with E-state index in [1.54, 1.807) is 18.2 Å². The number of sulfonamides is 1. The maximum Gasteiger partial charge on any atom is 0.238 e. The zero-order valence-corrected chi connectivity index (χ0v) is 19.8. The standard InChI is InChI=1S/C23H27N3O7S/c1-30-15-26(34(28,29)13-10-17-6-4-3-5-7-17)22-21(23(31-2)25(24-22)11-12-27)18-8-9-19-20(14-18)33-16-32-19/h3-9,14,27H,10-13,15-16H2,1-2H3. The van der Waals surface area contributed by atoms with Crippen LogP contribution in [0.25, 0.3) is 11.1 Å². The van der Waals surface area contributed by atoms with Gasteiger partial charge in [0.25, 0.3) is 0 Å². The Morgan fingerprint density at radius 2 is 1.88 bits per heavy atom. The maximum absolute atomic E-state index is 13.5. The quantitative estimate of drug-likeness (QED) is 0.408. The lowest BCUT2D eigenvalue weighted by atomic mass is 10.1. The first-order valence-electron chi connectivity index (χ1n) is 10.7. The molecular weight excluding hydrogens is 462 g/mol. The summed E-state index contributed by atoms with van der Waals surface area (Å²) in [6, 6.07) is 14.7. The van der Waals surface area contributed by atoms with Crippen molar-refractivity contribution in [2.45, 2.75) is 13.0 Å². The zero-order chi connectivity index (χ0) is 24.1. The SMILES string of the molecule is COCN(c1nn(CCO)c(OC)c1-c1ccc2c(c1)OCO2)S(=O)(=O)CCc1ccccc1. The number of rotatable bonds is 11. The third-order valence-electron chi connectivity index (χ3n) is 5.36. The molecule has 0 radical (unpaired) electrons. The van der Waals surface area contributed by atoms with Crippen molar-refractivity contribution >= 4 is 15.8 Å². The van der Waals surface area contributed by atoms with Crippen LogP contribution < -0.4 is 18.5 Å². The first kappa shape index (κ1) is 23.9. The summed E-state index contributed by atoms with van der Waals surface area (Å²) in [5.41, 5.74) is 1.97. The van der Waals surface area contributed by atoms with Crippen LogP contribution in [0, 0.1) is 0 Å². The molecule has 1 aliphatic heterocycles.